The molecule has 2 amide bonds. The number of oxime groups is 1. The first kappa shape index (κ1) is 120. The van der Waals surface area contributed by atoms with Crippen LogP contribution in [0.15, 0.2) is 412 Å². The number of amides is 2. The fraction of sp³-hybridized carbons (Fsp3) is 0.231. The number of nitriles is 2. The van der Waals surface area contributed by atoms with Crippen LogP contribution in [-0.4, -0.2) is 133 Å². The van der Waals surface area contributed by atoms with Crippen molar-refractivity contribution in [3.05, 3.63) is 501 Å². The number of benzene rings is 14. The Morgan fingerprint density at radius 3 is 1.06 bits per heavy atom. The van der Waals surface area contributed by atoms with Crippen molar-refractivity contribution >= 4 is 52.7 Å². The van der Waals surface area contributed by atoms with E-state index in [1.165, 1.54) is 70.2 Å². The maximum Gasteiger partial charge on any atom is 1.00 e. The van der Waals surface area contributed by atoms with Crippen LogP contribution in [0.5, 0.6) is 0 Å². The van der Waals surface area contributed by atoms with Crippen LogP contribution in [0.3, 0.4) is 0 Å². The number of carbonyl (C=O) groups is 3. The van der Waals surface area contributed by atoms with Crippen LogP contribution in [0.2, 0.25) is 0 Å². The SMILES string of the molecule is C1CCOC1.C1CCOC1.Cl.N#CCBr.N#CCN1Cc2ccccc2C(c2ccccc2)C1.NCC(c1ccccc1)c1ccccc1.NO.O/N=C/C(c1ccccc1)c1ccccc1.O=C(N1Cc2ccccc2C(c2ccccc2)C1)C(F)(F)F.O=C(NCC(c1ccccc1)c1ccccc1)C(F)(F)F.O=CC(c1ccccc1)c1ccccc1.[K+].[OH-].c1ccc(C2CNCc3ccccc32)cc1. The minimum Gasteiger partial charge on any atom is -0.870 e. The van der Waals surface area contributed by atoms with Gasteiger partial charge in [-0.2, -0.15) is 36.9 Å². The minimum absolute atomic E-state index is 0. The number of nitrogens with one attached hydrogen (secondary N) is 2. The number of halogens is 8. The molecule has 2 saturated heterocycles. The van der Waals surface area contributed by atoms with Crippen molar-refractivity contribution in [2.24, 2.45) is 16.8 Å². The van der Waals surface area contributed by atoms with Crippen molar-refractivity contribution in [1.29, 1.82) is 10.5 Å². The van der Waals surface area contributed by atoms with E-state index in [4.69, 9.17) is 36.1 Å². The van der Waals surface area contributed by atoms with Gasteiger partial charge in [0.1, 0.15) is 6.29 Å². The van der Waals surface area contributed by atoms with Gasteiger partial charge in [-0.15, -0.1) is 17.6 Å². The number of carbonyl (C=O) groups excluding carboxylic acids is 3. The standard InChI is InChI=1S/C17H14F3NO.C17H16N2.C16H14F3NO.C15H15N.C14H13NO.C14H15N.C14H12O.2C4H8O.C2H2BrN.ClH.K.H3NO.H2O/c18-17(19,20)16(22)21-10-13-8-4-5-9-14(13)15(11-21)12-6-2-1-3-7-12;18-10-11-19-12-15-8-4-5-9-16(15)17(13-19)14-6-2-1-3-7-14;17-16(18,19)15(21)20-11-14(12-7-3-1-4-8-12)13-9-5-2-6-10-13;1-2-6-12(7-3-1)15-11-16-10-13-8-4-5-9-14(13)15;16-15-11-14(12-7-3-1-4-8-12)13-9-5-2-6-10-13;2*15-11-14(12-7-3-1-4-8-12)13-9-5-2-6-10-13;2*1-2-4-5-3-1;3-1-2-4;;;1-2;/h1-9,15H,10-11H2;1-9,17H,11-13H2;1-10,14H,11H2,(H,20,21);1-9,15-16H,10-11H2;1-11,14,16H;1-10,14H,11,15H2;1-11,14H;2*1-4H2;1H2;1H;;2H,1H2;1H2/q;;;;;;;;;;;+1;;/p-1/b;;;;15-11+;;;;;;;;;. The fourth-order valence-corrected chi connectivity index (χ4v) is 16.6. The molecule has 19 rings (SSSR count). The van der Waals surface area contributed by atoms with E-state index in [2.05, 4.69) is 195 Å². The molecule has 14 aromatic rings. The second-order valence-corrected chi connectivity index (χ2v) is 33.3. The molecule has 3 atom stereocenters. The topological polar surface area (TPSA) is 283 Å². The quantitative estimate of drug-likeness (QED) is 0.00723. The van der Waals surface area contributed by atoms with Gasteiger partial charge in [-0.3, -0.25) is 14.5 Å². The Morgan fingerprint density at radius 1 is 0.441 bits per heavy atom. The molecule has 2 fully saturated rings. The van der Waals surface area contributed by atoms with Gasteiger partial charge in [-0.25, -0.2) is 5.90 Å². The number of nitrogens with zero attached hydrogens (tertiary/aromatic N) is 5. The van der Waals surface area contributed by atoms with E-state index in [1.54, 1.807) is 18.3 Å². The minimum atomic E-state index is -4.86. The number of hydrogen-bond donors (Lipinski definition) is 6. The van der Waals surface area contributed by atoms with Gasteiger partial charge in [-0.05, 0) is 120 Å². The summed E-state index contributed by atoms with van der Waals surface area (Å²) < 4.78 is 85.0. The molecule has 17 nitrogen and oxygen atoms in total. The summed E-state index contributed by atoms with van der Waals surface area (Å²) in [5.41, 5.74) is 25.5. The Morgan fingerprint density at radius 2 is 0.741 bits per heavy atom. The summed E-state index contributed by atoms with van der Waals surface area (Å²) in [6.07, 6.45) is -2.05. The van der Waals surface area contributed by atoms with Crippen LogP contribution in [0.4, 0.5) is 26.3 Å². The van der Waals surface area contributed by atoms with Crippen molar-refractivity contribution in [2.75, 3.05) is 71.0 Å². The van der Waals surface area contributed by atoms with Crippen LogP contribution >= 0.6 is 28.3 Å². The Hall–Kier alpha value is -12.2. The predicted octanol–water partition coefficient (Wildman–Crippen LogP) is 21.5. The predicted molar refractivity (Wildman–Crippen MR) is 556 cm³/mol. The van der Waals surface area contributed by atoms with E-state index in [-0.39, 0.29) is 113 Å². The van der Waals surface area contributed by atoms with E-state index in [9.17, 15) is 40.7 Å². The first-order chi connectivity index (χ1) is 68.4. The van der Waals surface area contributed by atoms with E-state index >= 15 is 0 Å². The van der Waals surface area contributed by atoms with E-state index in [1.807, 2.05) is 254 Å². The first-order valence-electron chi connectivity index (χ1n) is 46.4. The molecule has 5 heterocycles. The number of hydrogen-bond acceptors (Lipinski definition) is 15. The van der Waals surface area contributed by atoms with Crippen molar-refractivity contribution in [1.82, 2.24) is 20.4 Å². The third kappa shape index (κ3) is 40.5. The molecule has 5 aliphatic rings. The Bertz CT molecular complexity index is 5750. The zero-order valence-electron chi connectivity index (χ0n) is 79.9. The summed E-state index contributed by atoms with van der Waals surface area (Å²) >= 11 is 2.89. The number of ether oxygens (including phenoxy) is 2. The molecule has 14 aromatic carbocycles. The monoisotopic (exact) mass is 2050 g/mol. The van der Waals surface area contributed by atoms with Gasteiger partial charge in [0.2, 0.25) is 0 Å². The van der Waals surface area contributed by atoms with Crippen LogP contribution in [0.1, 0.15) is 162 Å². The Labute approximate surface area is 893 Å². The molecule has 0 saturated carbocycles. The van der Waals surface area contributed by atoms with Crippen molar-refractivity contribution in [3.63, 3.8) is 0 Å². The summed E-state index contributed by atoms with van der Waals surface area (Å²) in [6, 6.07) is 138. The third-order valence-electron chi connectivity index (χ3n) is 23.5. The molecule has 740 valence electrons. The van der Waals surface area contributed by atoms with Crippen molar-refractivity contribution in [3.8, 4) is 12.1 Å². The average molecular weight is 2050 g/mol. The molecule has 0 radical (unpaired) electrons. The largest absolute Gasteiger partial charge is 1.00 e. The molecule has 0 bridgehead atoms. The number of rotatable bonds is 17. The number of nitrogens with two attached hydrogens (primary N) is 2. The fourth-order valence-electron chi connectivity index (χ4n) is 16.6. The zero-order valence-corrected chi connectivity index (χ0v) is 85.5. The molecular weight excluding hydrogens is 1930 g/mol. The number of aldehydes is 1. The number of alkyl halides is 7. The van der Waals surface area contributed by atoms with Crippen LogP contribution in [0.25, 0.3) is 0 Å². The van der Waals surface area contributed by atoms with Crippen LogP contribution < -0.4 is 73.6 Å². The van der Waals surface area contributed by atoms with Gasteiger partial charge in [0.05, 0.1) is 36.1 Å². The van der Waals surface area contributed by atoms with Gasteiger partial charge in [-0.1, -0.05) is 422 Å². The second-order valence-electron chi connectivity index (χ2n) is 32.7. The molecule has 9 N–H and O–H groups in total. The van der Waals surface area contributed by atoms with Crippen molar-refractivity contribution in [2.45, 2.75) is 99.1 Å². The second kappa shape index (κ2) is 68.1. The Kier molecular flexibility index (Phi) is 56.9. The third-order valence-corrected chi connectivity index (χ3v) is 23.7. The van der Waals surface area contributed by atoms with E-state index in [0.29, 0.717) is 36.2 Å². The molecule has 0 aromatic heterocycles. The maximum atomic E-state index is 12.7. The van der Waals surface area contributed by atoms with Crippen LogP contribution in [-0.2, 0) is 43.5 Å². The Balaban J connectivity index is 0.000000248. The van der Waals surface area contributed by atoms with E-state index < -0.39 is 24.2 Å². The summed E-state index contributed by atoms with van der Waals surface area (Å²) in [5, 5.41) is 40.8. The molecule has 3 unspecified atom stereocenters. The average Bonchev–Trinajstić information content (AvgIpc) is 0.911. The first-order valence-corrected chi connectivity index (χ1v) is 47.5. The molecular formula is C117H122BrClF6KN9O8. The summed E-state index contributed by atoms with van der Waals surface area (Å²) in [5.74, 6) is 0.302. The molecule has 143 heavy (non-hydrogen) atoms. The zero-order chi connectivity index (χ0) is 99.6. The molecule has 0 spiro atoms. The van der Waals surface area contributed by atoms with Gasteiger partial charge in [0.15, 0.2) is 0 Å². The number of fused-ring (bicyclic) bond motifs is 3. The summed E-state index contributed by atoms with van der Waals surface area (Å²) in [7, 11) is 0. The molecule has 26 heteroatoms. The smallest absolute Gasteiger partial charge is 0.870 e. The normalized spacial score (nSPS) is 14.3. The van der Waals surface area contributed by atoms with Gasteiger partial charge in [0, 0.05) is 114 Å². The van der Waals surface area contributed by atoms with E-state index in [0.717, 1.165) is 114 Å². The van der Waals surface area contributed by atoms with Gasteiger partial charge in [0.25, 0.3) is 0 Å². The molecule has 0 aliphatic carbocycles. The van der Waals surface area contributed by atoms with Crippen molar-refractivity contribution < 1.29 is 117 Å². The maximum absolute atomic E-state index is 12.7. The van der Waals surface area contributed by atoms with Crippen LogP contribution in [0, 0.1) is 22.7 Å². The van der Waals surface area contributed by atoms with Gasteiger partial charge >= 0.3 is 75.6 Å². The van der Waals surface area contributed by atoms with Gasteiger partial charge < -0.3 is 51.4 Å². The summed E-state index contributed by atoms with van der Waals surface area (Å²) in [4.78, 5) is 36.8. The molecule has 5 aliphatic heterocycles. The summed E-state index contributed by atoms with van der Waals surface area (Å²) in [6.45, 7) is 8.93.